The Kier molecular flexibility index (Phi) is 6.15. The Morgan fingerprint density at radius 1 is 1.15 bits per heavy atom. The monoisotopic (exact) mass is 400 g/mol. The van der Waals surface area contributed by atoms with Crippen molar-refractivity contribution in [1.29, 1.82) is 0 Å². The van der Waals surface area contributed by atoms with Crippen LogP contribution in [0.1, 0.15) is 21.5 Å². The highest BCUT2D eigenvalue weighted by Crippen LogP contribution is 2.28. The fraction of sp³-hybridized carbons (Fsp3) is 0.167. The van der Waals surface area contributed by atoms with Crippen LogP contribution in [0.5, 0.6) is 0 Å². The molecule has 0 unspecified atom stereocenters. The van der Waals surface area contributed by atoms with Crippen LogP contribution < -0.4 is 5.32 Å². The molecule has 3 rings (SSSR count). The van der Waals surface area contributed by atoms with Gasteiger partial charge in [-0.2, -0.15) is 0 Å². The molecule has 1 N–H and O–H groups in total. The van der Waals surface area contributed by atoms with Gasteiger partial charge in [-0.05, 0) is 24.6 Å². The van der Waals surface area contributed by atoms with Crippen molar-refractivity contribution in [3.05, 3.63) is 75.3 Å². The molecule has 0 aliphatic carbocycles. The lowest BCUT2D eigenvalue weighted by Gasteiger charge is -2.01. The van der Waals surface area contributed by atoms with Crippen LogP contribution in [0.2, 0.25) is 0 Å². The van der Waals surface area contributed by atoms with E-state index in [0.717, 1.165) is 10.1 Å². The van der Waals surface area contributed by atoms with Crippen molar-refractivity contribution in [2.24, 2.45) is 0 Å². The Balaban J connectivity index is 1.50. The van der Waals surface area contributed by atoms with Crippen LogP contribution in [0.15, 0.2) is 52.9 Å². The van der Waals surface area contributed by atoms with Gasteiger partial charge in [0, 0.05) is 23.4 Å². The first kappa shape index (κ1) is 19.0. The number of aromatic nitrogens is 2. The molecular weight excluding hydrogens is 384 g/mol. The van der Waals surface area contributed by atoms with E-state index in [2.05, 4.69) is 46.7 Å². The van der Waals surface area contributed by atoms with Crippen molar-refractivity contribution >= 4 is 39.7 Å². The Morgan fingerprint density at radius 3 is 2.52 bits per heavy atom. The molecule has 0 radical (unpaired) electrons. The van der Waals surface area contributed by atoms with Gasteiger partial charge in [0.25, 0.3) is 5.69 Å². The topological polar surface area (TPSA) is 98.0 Å². The maximum absolute atomic E-state index is 12.2. The molecule has 1 heterocycles. The summed E-state index contributed by atoms with van der Waals surface area (Å²) < 4.78 is 0.820. The van der Waals surface area contributed by atoms with Gasteiger partial charge in [-0.15, -0.1) is 10.2 Å². The van der Waals surface area contributed by atoms with E-state index in [9.17, 15) is 14.9 Å². The fourth-order valence-electron chi connectivity index (χ4n) is 2.20. The van der Waals surface area contributed by atoms with E-state index in [0.29, 0.717) is 10.7 Å². The zero-order chi connectivity index (χ0) is 19.2. The van der Waals surface area contributed by atoms with Gasteiger partial charge in [-0.3, -0.25) is 14.9 Å². The zero-order valence-corrected chi connectivity index (χ0v) is 16.0. The number of anilines is 1. The number of nitrogens with zero attached hydrogens (tertiary/aromatic N) is 3. The lowest BCUT2D eigenvalue weighted by Crippen LogP contribution is -2.13. The van der Waals surface area contributed by atoms with E-state index in [1.54, 1.807) is 11.8 Å². The third-order valence-electron chi connectivity index (χ3n) is 3.69. The van der Waals surface area contributed by atoms with Gasteiger partial charge in [0.05, 0.1) is 11.5 Å². The van der Waals surface area contributed by atoms with Gasteiger partial charge in [0.15, 0.2) is 10.1 Å². The molecule has 9 heteroatoms. The summed E-state index contributed by atoms with van der Waals surface area (Å²) in [5, 5.41) is 22.3. The molecule has 0 atom stereocenters. The number of non-ortho nitro benzene ring substituents is 1. The molecule has 0 saturated carbocycles. The van der Waals surface area contributed by atoms with Crippen LogP contribution in [0.3, 0.4) is 0 Å². The molecule has 0 aliphatic rings. The van der Waals surface area contributed by atoms with Crippen molar-refractivity contribution in [3.63, 3.8) is 0 Å². The molecule has 0 aliphatic heterocycles. The van der Waals surface area contributed by atoms with E-state index in [1.807, 2.05) is 0 Å². The number of carbonyl (C=O) groups excluding carboxylic acids is 1. The van der Waals surface area contributed by atoms with Crippen molar-refractivity contribution in [2.45, 2.75) is 17.0 Å². The first-order valence-corrected chi connectivity index (χ1v) is 9.85. The molecule has 0 amide bonds. The van der Waals surface area contributed by atoms with Gasteiger partial charge >= 0.3 is 0 Å². The molecule has 3 aromatic rings. The highest BCUT2D eigenvalue weighted by molar-refractivity contribution is 8.00. The van der Waals surface area contributed by atoms with E-state index < -0.39 is 4.92 Å². The minimum absolute atomic E-state index is 0.0427. The summed E-state index contributed by atoms with van der Waals surface area (Å²) in [6, 6.07) is 13.9. The lowest BCUT2D eigenvalue weighted by atomic mass is 10.1. The summed E-state index contributed by atoms with van der Waals surface area (Å²) in [6.45, 7) is 2.10. The maximum Gasteiger partial charge on any atom is 0.269 e. The van der Waals surface area contributed by atoms with Crippen molar-refractivity contribution in [2.75, 3.05) is 11.9 Å². The maximum atomic E-state index is 12.2. The second-order valence-electron chi connectivity index (χ2n) is 5.73. The van der Waals surface area contributed by atoms with Crippen LogP contribution in [-0.2, 0) is 5.75 Å². The molecular formula is C18H16N4O3S2. The van der Waals surface area contributed by atoms with E-state index in [-0.39, 0.29) is 18.0 Å². The summed E-state index contributed by atoms with van der Waals surface area (Å²) in [7, 11) is 0. The number of Topliss-reactive ketones (excluding diaryl/α,β-unsaturated/α-hetero) is 1. The number of nitrogens with one attached hydrogen (secondary N) is 1. The number of hydrogen-bond acceptors (Lipinski definition) is 8. The van der Waals surface area contributed by atoms with Gasteiger partial charge in [0.1, 0.15) is 0 Å². The van der Waals surface area contributed by atoms with Crippen LogP contribution in [0, 0.1) is 17.0 Å². The second kappa shape index (κ2) is 8.74. The number of hydrogen-bond donors (Lipinski definition) is 1. The number of carbonyl (C=O) groups is 1. The van der Waals surface area contributed by atoms with Crippen molar-refractivity contribution < 1.29 is 9.72 Å². The molecule has 27 heavy (non-hydrogen) atoms. The number of aryl methyl sites for hydroxylation is 1. The standard InChI is InChI=1S/C18H16N4O3S2/c1-12-2-4-13(5-3-12)11-26-18-21-20-17(27-18)19-10-16(23)14-6-8-15(9-7-14)22(24)25/h2-9H,10-11H2,1H3,(H,19,20). The number of nitro groups is 1. The number of rotatable bonds is 8. The van der Waals surface area contributed by atoms with Gasteiger partial charge in [0.2, 0.25) is 5.13 Å². The summed E-state index contributed by atoms with van der Waals surface area (Å²) in [5.74, 6) is 0.630. The largest absolute Gasteiger partial charge is 0.353 e. The van der Waals surface area contributed by atoms with Crippen LogP contribution in [-0.4, -0.2) is 27.4 Å². The summed E-state index contributed by atoms with van der Waals surface area (Å²) in [6.07, 6.45) is 0. The smallest absolute Gasteiger partial charge is 0.269 e. The highest BCUT2D eigenvalue weighted by Gasteiger charge is 2.11. The molecule has 138 valence electrons. The quantitative estimate of drug-likeness (QED) is 0.260. The lowest BCUT2D eigenvalue weighted by molar-refractivity contribution is -0.384. The fourth-order valence-corrected chi connectivity index (χ4v) is 3.90. The molecule has 1 aromatic heterocycles. The van der Waals surface area contributed by atoms with Gasteiger partial charge in [-0.25, -0.2) is 0 Å². The van der Waals surface area contributed by atoms with Gasteiger partial charge in [-0.1, -0.05) is 52.9 Å². The predicted molar refractivity (Wildman–Crippen MR) is 107 cm³/mol. The third kappa shape index (κ3) is 5.35. The Bertz CT molecular complexity index is 940. The average molecular weight is 400 g/mol. The molecule has 2 aromatic carbocycles. The number of thioether (sulfide) groups is 1. The van der Waals surface area contributed by atoms with E-state index in [4.69, 9.17) is 0 Å². The number of benzene rings is 2. The molecule has 0 saturated heterocycles. The Hall–Kier alpha value is -2.78. The normalized spacial score (nSPS) is 10.6. The highest BCUT2D eigenvalue weighted by atomic mass is 32.2. The Morgan fingerprint density at radius 2 is 1.85 bits per heavy atom. The van der Waals surface area contributed by atoms with Crippen LogP contribution in [0.25, 0.3) is 0 Å². The summed E-state index contributed by atoms with van der Waals surface area (Å²) in [5.41, 5.74) is 2.80. The first-order chi connectivity index (χ1) is 13.0. The SMILES string of the molecule is Cc1ccc(CSc2nnc(NCC(=O)c3ccc([N+](=O)[O-])cc3)s2)cc1. The number of ketones is 1. The van der Waals surface area contributed by atoms with Crippen LogP contribution in [0.4, 0.5) is 10.8 Å². The van der Waals surface area contributed by atoms with Crippen molar-refractivity contribution in [1.82, 2.24) is 10.2 Å². The van der Waals surface area contributed by atoms with E-state index in [1.165, 1.54) is 46.7 Å². The van der Waals surface area contributed by atoms with E-state index >= 15 is 0 Å². The Labute approximate surface area is 164 Å². The molecule has 0 fully saturated rings. The summed E-state index contributed by atoms with van der Waals surface area (Å²) >= 11 is 2.98. The average Bonchev–Trinajstić information content (AvgIpc) is 3.13. The first-order valence-electron chi connectivity index (χ1n) is 8.04. The van der Waals surface area contributed by atoms with Gasteiger partial charge < -0.3 is 5.32 Å². The predicted octanol–water partition coefficient (Wildman–Crippen LogP) is 4.34. The molecule has 0 spiro atoms. The minimum atomic E-state index is -0.496. The minimum Gasteiger partial charge on any atom is -0.353 e. The zero-order valence-electron chi connectivity index (χ0n) is 14.4. The third-order valence-corrected chi connectivity index (χ3v) is 5.78. The summed E-state index contributed by atoms with van der Waals surface area (Å²) in [4.78, 5) is 22.3. The van der Waals surface area contributed by atoms with Crippen molar-refractivity contribution in [3.8, 4) is 0 Å². The second-order valence-corrected chi connectivity index (χ2v) is 7.93. The molecule has 7 nitrogen and oxygen atoms in total. The number of nitro benzene ring substituents is 1. The molecule has 0 bridgehead atoms. The van der Waals surface area contributed by atoms with Crippen LogP contribution >= 0.6 is 23.1 Å².